The zero-order chi connectivity index (χ0) is 21.3. The van der Waals surface area contributed by atoms with Crippen molar-refractivity contribution in [3.8, 4) is 16.3 Å². The maximum absolute atomic E-state index is 11.6. The van der Waals surface area contributed by atoms with Crippen LogP contribution in [0.15, 0.2) is 54.9 Å². The molecule has 0 spiro atoms. The third-order valence-corrected chi connectivity index (χ3v) is 6.25. The van der Waals surface area contributed by atoms with E-state index in [4.69, 9.17) is 22.1 Å². The zero-order valence-corrected chi connectivity index (χ0v) is 17.8. The molecule has 0 aliphatic carbocycles. The highest BCUT2D eigenvalue weighted by Gasteiger charge is 2.19. The summed E-state index contributed by atoms with van der Waals surface area (Å²) >= 11 is 7.75. The third kappa shape index (κ3) is 4.05. The van der Waals surface area contributed by atoms with Gasteiger partial charge in [0.2, 0.25) is 5.91 Å². The fraction of sp³-hybridized carbons (Fsp3) is 0.182. The van der Waals surface area contributed by atoms with Gasteiger partial charge in [0.05, 0.1) is 34.7 Å². The van der Waals surface area contributed by atoms with Crippen LogP contribution in [-0.4, -0.2) is 20.4 Å². The molecule has 3 heterocycles. The molecule has 0 radical (unpaired) electrons. The molecule has 0 saturated carbocycles. The molecule has 1 unspecified atom stereocenters. The molecule has 1 atom stereocenters. The number of nitrogens with two attached hydrogens (primary N) is 1. The Kier molecular flexibility index (Phi) is 5.76. The number of halogens is 1. The normalized spacial score (nSPS) is 12.2. The number of benzene rings is 1. The van der Waals surface area contributed by atoms with Crippen molar-refractivity contribution in [2.24, 2.45) is 5.73 Å². The standard InChI is InChI=1S/C22H20ClN3O3S/c1-13(15-4-2-3-5-16(15)23)29-18-9-19(30-20(18)10-21(24)28)17-11-25-22-8-14(12-27)6-7-26(17)22/h2-9,11,13,27H,10,12H2,1H3,(H2,24,28). The zero-order valence-electron chi connectivity index (χ0n) is 16.2. The first-order valence-electron chi connectivity index (χ1n) is 9.35. The van der Waals surface area contributed by atoms with Crippen molar-refractivity contribution in [1.29, 1.82) is 0 Å². The molecule has 0 bridgehead atoms. The molecule has 0 aliphatic heterocycles. The van der Waals surface area contributed by atoms with E-state index in [2.05, 4.69) is 4.98 Å². The molecule has 8 heteroatoms. The van der Waals surface area contributed by atoms with Crippen molar-refractivity contribution in [1.82, 2.24) is 9.38 Å². The van der Waals surface area contributed by atoms with Gasteiger partial charge in [-0.3, -0.25) is 9.20 Å². The van der Waals surface area contributed by atoms with E-state index in [-0.39, 0.29) is 19.1 Å². The van der Waals surface area contributed by atoms with Gasteiger partial charge in [-0.05, 0) is 30.7 Å². The summed E-state index contributed by atoms with van der Waals surface area (Å²) < 4.78 is 8.13. The Labute approximate surface area is 182 Å². The van der Waals surface area contributed by atoms with Gasteiger partial charge in [-0.2, -0.15) is 0 Å². The van der Waals surface area contributed by atoms with Gasteiger partial charge in [-0.15, -0.1) is 11.3 Å². The molecule has 30 heavy (non-hydrogen) atoms. The lowest BCUT2D eigenvalue weighted by molar-refractivity contribution is -0.117. The van der Waals surface area contributed by atoms with Crippen LogP contribution < -0.4 is 10.5 Å². The van der Waals surface area contributed by atoms with E-state index in [1.165, 1.54) is 11.3 Å². The van der Waals surface area contributed by atoms with Crippen LogP contribution in [0.1, 0.15) is 29.0 Å². The molecule has 1 aromatic carbocycles. The fourth-order valence-corrected chi connectivity index (χ4v) is 4.68. The minimum absolute atomic E-state index is 0.0433. The lowest BCUT2D eigenvalue weighted by Crippen LogP contribution is -2.13. The van der Waals surface area contributed by atoms with E-state index in [9.17, 15) is 9.90 Å². The number of ether oxygens (including phenoxy) is 1. The van der Waals surface area contributed by atoms with Gasteiger partial charge >= 0.3 is 0 Å². The Morgan fingerprint density at radius 1 is 1.33 bits per heavy atom. The minimum atomic E-state index is -0.427. The molecule has 4 aromatic rings. The van der Waals surface area contributed by atoms with Crippen molar-refractivity contribution in [3.05, 3.63) is 75.9 Å². The quantitative estimate of drug-likeness (QED) is 0.445. The van der Waals surface area contributed by atoms with E-state index >= 15 is 0 Å². The molecule has 0 aliphatic rings. The number of aliphatic hydroxyl groups excluding tert-OH is 1. The number of thiophene rings is 1. The van der Waals surface area contributed by atoms with Crippen molar-refractivity contribution < 1.29 is 14.6 Å². The van der Waals surface area contributed by atoms with Crippen LogP contribution in [0.4, 0.5) is 0 Å². The number of amides is 1. The highest BCUT2D eigenvalue weighted by Crippen LogP contribution is 2.39. The molecule has 3 N–H and O–H groups in total. The van der Waals surface area contributed by atoms with Gasteiger partial charge in [-0.1, -0.05) is 29.8 Å². The Hall–Kier alpha value is -2.87. The largest absolute Gasteiger partial charge is 0.485 e. The van der Waals surface area contributed by atoms with Crippen LogP contribution in [0, 0.1) is 0 Å². The molecule has 0 fully saturated rings. The number of hydrogen-bond acceptors (Lipinski definition) is 5. The first kappa shape index (κ1) is 20.4. The van der Waals surface area contributed by atoms with E-state index < -0.39 is 5.91 Å². The monoisotopic (exact) mass is 441 g/mol. The summed E-state index contributed by atoms with van der Waals surface area (Å²) in [4.78, 5) is 17.7. The number of primary amides is 1. The van der Waals surface area contributed by atoms with Crippen molar-refractivity contribution in [2.75, 3.05) is 0 Å². The summed E-state index contributed by atoms with van der Waals surface area (Å²) in [6.45, 7) is 1.87. The summed E-state index contributed by atoms with van der Waals surface area (Å²) in [6.07, 6.45) is 3.41. The summed E-state index contributed by atoms with van der Waals surface area (Å²) in [5.41, 5.74) is 8.71. The van der Waals surface area contributed by atoms with E-state index in [0.717, 1.165) is 32.2 Å². The summed E-state index contributed by atoms with van der Waals surface area (Å²) in [5, 5.41) is 9.96. The summed E-state index contributed by atoms with van der Waals surface area (Å²) in [6, 6.07) is 13.1. The molecule has 4 rings (SSSR count). The predicted molar refractivity (Wildman–Crippen MR) is 118 cm³/mol. The number of pyridine rings is 1. The Morgan fingerprint density at radius 2 is 2.13 bits per heavy atom. The van der Waals surface area contributed by atoms with Crippen LogP contribution >= 0.6 is 22.9 Å². The van der Waals surface area contributed by atoms with Crippen molar-refractivity contribution in [2.45, 2.75) is 26.1 Å². The molecule has 0 saturated heterocycles. The predicted octanol–water partition coefficient (Wildman–Crippen LogP) is 4.38. The molecule has 154 valence electrons. The van der Waals surface area contributed by atoms with E-state index in [1.807, 2.05) is 60.0 Å². The average Bonchev–Trinajstić information content (AvgIpc) is 3.31. The average molecular weight is 442 g/mol. The Balaban J connectivity index is 1.72. The van der Waals surface area contributed by atoms with Gasteiger partial charge < -0.3 is 15.6 Å². The van der Waals surface area contributed by atoms with Gasteiger partial charge in [0.15, 0.2) is 0 Å². The smallest absolute Gasteiger partial charge is 0.222 e. The third-order valence-electron chi connectivity index (χ3n) is 4.76. The number of fused-ring (bicyclic) bond motifs is 1. The second kappa shape index (κ2) is 8.47. The lowest BCUT2D eigenvalue weighted by Gasteiger charge is -2.16. The van der Waals surface area contributed by atoms with Crippen LogP contribution in [0.25, 0.3) is 16.2 Å². The van der Waals surface area contributed by atoms with Crippen LogP contribution in [0.2, 0.25) is 5.02 Å². The molecule has 3 aromatic heterocycles. The van der Waals surface area contributed by atoms with Crippen molar-refractivity contribution in [3.63, 3.8) is 0 Å². The minimum Gasteiger partial charge on any atom is -0.485 e. The van der Waals surface area contributed by atoms with Gasteiger partial charge in [0.25, 0.3) is 0 Å². The number of aromatic nitrogens is 2. The Morgan fingerprint density at radius 3 is 2.87 bits per heavy atom. The van der Waals surface area contributed by atoms with Gasteiger partial charge in [0.1, 0.15) is 17.5 Å². The number of imidazole rings is 1. The van der Waals surface area contributed by atoms with Gasteiger partial charge in [-0.25, -0.2) is 4.98 Å². The first-order chi connectivity index (χ1) is 14.5. The molecular formula is C22H20ClN3O3S. The Bertz CT molecular complexity index is 1220. The topological polar surface area (TPSA) is 89.8 Å². The van der Waals surface area contributed by atoms with E-state index in [1.54, 1.807) is 6.20 Å². The number of rotatable bonds is 7. The molecular weight excluding hydrogens is 422 g/mol. The fourth-order valence-electron chi connectivity index (χ4n) is 3.28. The highest BCUT2D eigenvalue weighted by molar-refractivity contribution is 7.15. The number of carbonyl (C=O) groups is 1. The maximum atomic E-state index is 11.6. The first-order valence-corrected chi connectivity index (χ1v) is 10.5. The number of carbonyl (C=O) groups excluding carboxylic acids is 1. The summed E-state index contributed by atoms with van der Waals surface area (Å²) in [5.74, 6) is 0.174. The van der Waals surface area contributed by atoms with E-state index in [0.29, 0.717) is 10.8 Å². The maximum Gasteiger partial charge on any atom is 0.222 e. The van der Waals surface area contributed by atoms with Crippen LogP contribution in [-0.2, 0) is 17.8 Å². The number of hydrogen-bond donors (Lipinski definition) is 2. The highest BCUT2D eigenvalue weighted by atomic mass is 35.5. The second-order valence-electron chi connectivity index (χ2n) is 6.89. The molecule has 1 amide bonds. The molecule has 6 nitrogen and oxygen atoms in total. The van der Waals surface area contributed by atoms with Gasteiger partial charge in [0, 0.05) is 22.8 Å². The number of aliphatic hydroxyl groups is 1. The summed E-state index contributed by atoms with van der Waals surface area (Å²) in [7, 11) is 0. The van der Waals surface area contributed by atoms with Crippen LogP contribution in [0.5, 0.6) is 5.75 Å². The SMILES string of the molecule is CC(Oc1cc(-c2cnc3cc(CO)ccn23)sc1CC(N)=O)c1ccccc1Cl. The second-order valence-corrected chi connectivity index (χ2v) is 8.43. The van der Waals surface area contributed by atoms with Crippen LogP contribution in [0.3, 0.4) is 0 Å². The number of nitrogens with zero attached hydrogens (tertiary/aromatic N) is 2. The lowest BCUT2D eigenvalue weighted by atomic mass is 10.1. The van der Waals surface area contributed by atoms with Crippen molar-refractivity contribution >= 4 is 34.5 Å².